The standard InChI is InChI=1S/C18H20N4O3/c1-13(23)20-15-2-4-16(5-3-15)21-17-10-14(11-19-12-17)18(24)22-6-8-25-9-7-22/h2-5,10-12,21H,6-9H2,1H3,(H,20,23). The quantitative estimate of drug-likeness (QED) is 0.892. The van der Waals surface area contributed by atoms with Crippen molar-refractivity contribution in [1.82, 2.24) is 9.88 Å². The average molecular weight is 340 g/mol. The van der Waals surface area contributed by atoms with Crippen molar-refractivity contribution in [3.63, 3.8) is 0 Å². The predicted molar refractivity (Wildman–Crippen MR) is 95.0 cm³/mol. The molecule has 0 unspecified atom stereocenters. The third-order valence-corrected chi connectivity index (χ3v) is 3.78. The van der Waals surface area contributed by atoms with Gasteiger partial charge in [0, 0.05) is 37.6 Å². The summed E-state index contributed by atoms with van der Waals surface area (Å²) in [6.07, 6.45) is 3.24. The monoisotopic (exact) mass is 340 g/mol. The van der Waals surface area contributed by atoms with Gasteiger partial charge in [0.2, 0.25) is 5.91 Å². The van der Waals surface area contributed by atoms with Crippen molar-refractivity contribution >= 4 is 28.9 Å². The van der Waals surface area contributed by atoms with Gasteiger partial charge in [-0.05, 0) is 30.3 Å². The first-order valence-corrected chi connectivity index (χ1v) is 8.08. The van der Waals surface area contributed by atoms with Gasteiger partial charge < -0.3 is 20.3 Å². The summed E-state index contributed by atoms with van der Waals surface area (Å²) in [5.74, 6) is -0.153. The summed E-state index contributed by atoms with van der Waals surface area (Å²) in [7, 11) is 0. The molecule has 7 nitrogen and oxygen atoms in total. The van der Waals surface area contributed by atoms with E-state index in [9.17, 15) is 9.59 Å². The molecule has 1 aromatic heterocycles. The third-order valence-electron chi connectivity index (χ3n) is 3.78. The minimum atomic E-state index is -0.112. The maximum Gasteiger partial charge on any atom is 0.255 e. The van der Waals surface area contributed by atoms with Crippen molar-refractivity contribution in [3.05, 3.63) is 48.3 Å². The van der Waals surface area contributed by atoms with Crippen LogP contribution in [0.15, 0.2) is 42.7 Å². The van der Waals surface area contributed by atoms with Crippen LogP contribution in [0.1, 0.15) is 17.3 Å². The number of ether oxygens (including phenoxy) is 1. The van der Waals surface area contributed by atoms with Gasteiger partial charge in [0.15, 0.2) is 0 Å². The molecule has 0 atom stereocenters. The van der Waals surface area contributed by atoms with Crippen LogP contribution >= 0.6 is 0 Å². The number of carbonyl (C=O) groups excluding carboxylic acids is 2. The van der Waals surface area contributed by atoms with Crippen molar-refractivity contribution in [1.29, 1.82) is 0 Å². The van der Waals surface area contributed by atoms with Crippen molar-refractivity contribution in [2.24, 2.45) is 0 Å². The molecule has 1 aliphatic heterocycles. The van der Waals surface area contributed by atoms with E-state index in [1.54, 1.807) is 35.5 Å². The highest BCUT2D eigenvalue weighted by Gasteiger charge is 2.19. The van der Waals surface area contributed by atoms with E-state index in [2.05, 4.69) is 15.6 Å². The van der Waals surface area contributed by atoms with Crippen LogP contribution in [-0.2, 0) is 9.53 Å². The third kappa shape index (κ3) is 4.54. The highest BCUT2D eigenvalue weighted by molar-refractivity contribution is 5.95. The molecule has 1 saturated heterocycles. The van der Waals surface area contributed by atoms with Crippen LogP contribution in [0.4, 0.5) is 17.1 Å². The van der Waals surface area contributed by atoms with E-state index in [0.717, 1.165) is 17.1 Å². The van der Waals surface area contributed by atoms with Crippen molar-refractivity contribution < 1.29 is 14.3 Å². The molecule has 2 N–H and O–H groups in total. The minimum absolute atomic E-state index is 0.0412. The summed E-state index contributed by atoms with van der Waals surface area (Å²) >= 11 is 0. The van der Waals surface area contributed by atoms with Crippen LogP contribution in [0.5, 0.6) is 0 Å². The molecule has 130 valence electrons. The molecular weight excluding hydrogens is 320 g/mol. The highest BCUT2D eigenvalue weighted by atomic mass is 16.5. The molecule has 25 heavy (non-hydrogen) atoms. The minimum Gasteiger partial charge on any atom is -0.378 e. The summed E-state index contributed by atoms with van der Waals surface area (Å²) in [6.45, 7) is 3.80. The maximum atomic E-state index is 12.5. The topological polar surface area (TPSA) is 83.6 Å². The number of nitrogens with zero attached hydrogens (tertiary/aromatic N) is 2. The Morgan fingerprint density at radius 3 is 2.40 bits per heavy atom. The zero-order chi connectivity index (χ0) is 17.6. The molecule has 0 aliphatic carbocycles. The lowest BCUT2D eigenvalue weighted by molar-refractivity contribution is -0.114. The number of hydrogen-bond acceptors (Lipinski definition) is 5. The molecule has 2 amide bonds. The molecule has 2 aromatic rings. The largest absolute Gasteiger partial charge is 0.378 e. The molecule has 0 saturated carbocycles. The van der Waals surface area contributed by atoms with Crippen molar-refractivity contribution in [2.75, 3.05) is 36.9 Å². The van der Waals surface area contributed by atoms with Crippen LogP contribution in [0, 0.1) is 0 Å². The Labute approximate surface area is 146 Å². The van der Waals surface area contributed by atoms with E-state index >= 15 is 0 Å². The number of anilines is 3. The van der Waals surface area contributed by atoms with E-state index in [1.165, 1.54) is 6.92 Å². The highest BCUT2D eigenvalue weighted by Crippen LogP contribution is 2.20. The second-order valence-corrected chi connectivity index (χ2v) is 5.75. The smallest absolute Gasteiger partial charge is 0.255 e. The zero-order valence-corrected chi connectivity index (χ0v) is 14.0. The second-order valence-electron chi connectivity index (χ2n) is 5.75. The zero-order valence-electron chi connectivity index (χ0n) is 14.0. The lowest BCUT2D eigenvalue weighted by Gasteiger charge is -2.26. The van der Waals surface area contributed by atoms with E-state index in [1.807, 2.05) is 12.1 Å². The second kappa shape index (κ2) is 7.76. The Hall–Kier alpha value is -2.93. The molecular formula is C18H20N4O3. The fraction of sp³-hybridized carbons (Fsp3) is 0.278. The number of morpholine rings is 1. The van der Waals surface area contributed by atoms with Crippen LogP contribution in [-0.4, -0.2) is 48.0 Å². The number of amides is 2. The first-order chi connectivity index (χ1) is 12.1. The summed E-state index contributed by atoms with van der Waals surface area (Å²) in [5.41, 5.74) is 2.84. The first-order valence-electron chi connectivity index (χ1n) is 8.08. The van der Waals surface area contributed by atoms with Crippen LogP contribution < -0.4 is 10.6 Å². The van der Waals surface area contributed by atoms with Gasteiger partial charge in [0.1, 0.15) is 0 Å². The number of rotatable bonds is 4. The molecule has 2 heterocycles. The van der Waals surface area contributed by atoms with Crippen LogP contribution in [0.25, 0.3) is 0 Å². The summed E-state index contributed by atoms with van der Waals surface area (Å²) in [5, 5.41) is 5.93. The fourth-order valence-corrected chi connectivity index (χ4v) is 2.58. The van der Waals surface area contributed by atoms with Crippen LogP contribution in [0.2, 0.25) is 0 Å². The van der Waals surface area contributed by atoms with Gasteiger partial charge in [-0.3, -0.25) is 14.6 Å². The predicted octanol–water partition coefficient (Wildman–Crippen LogP) is 2.26. The SMILES string of the molecule is CC(=O)Nc1ccc(Nc2cncc(C(=O)N3CCOCC3)c2)cc1. The molecule has 3 rings (SSSR count). The number of pyridine rings is 1. The lowest BCUT2D eigenvalue weighted by Crippen LogP contribution is -2.40. The van der Waals surface area contributed by atoms with Gasteiger partial charge in [-0.15, -0.1) is 0 Å². The Morgan fingerprint density at radius 2 is 1.72 bits per heavy atom. The maximum absolute atomic E-state index is 12.5. The average Bonchev–Trinajstić information content (AvgIpc) is 2.63. The van der Waals surface area contributed by atoms with E-state index in [4.69, 9.17) is 4.74 Å². The van der Waals surface area contributed by atoms with Gasteiger partial charge in [0.25, 0.3) is 5.91 Å². The molecule has 7 heteroatoms. The van der Waals surface area contributed by atoms with Gasteiger partial charge in [-0.1, -0.05) is 0 Å². The van der Waals surface area contributed by atoms with E-state index in [-0.39, 0.29) is 11.8 Å². The fourth-order valence-electron chi connectivity index (χ4n) is 2.58. The Balaban J connectivity index is 1.68. The Morgan fingerprint density at radius 1 is 1.04 bits per heavy atom. The summed E-state index contributed by atoms with van der Waals surface area (Å²) in [4.78, 5) is 29.5. The van der Waals surface area contributed by atoms with E-state index in [0.29, 0.717) is 31.9 Å². The molecule has 1 fully saturated rings. The van der Waals surface area contributed by atoms with Crippen LogP contribution in [0.3, 0.4) is 0 Å². The van der Waals surface area contributed by atoms with Gasteiger partial charge in [0.05, 0.1) is 30.7 Å². The lowest BCUT2D eigenvalue weighted by atomic mass is 10.2. The number of hydrogen-bond donors (Lipinski definition) is 2. The van der Waals surface area contributed by atoms with Gasteiger partial charge in [-0.2, -0.15) is 0 Å². The molecule has 1 aliphatic rings. The van der Waals surface area contributed by atoms with Gasteiger partial charge >= 0.3 is 0 Å². The molecule has 1 aromatic carbocycles. The number of nitrogens with one attached hydrogen (secondary N) is 2. The first kappa shape index (κ1) is 16.9. The van der Waals surface area contributed by atoms with Gasteiger partial charge in [-0.25, -0.2) is 0 Å². The Bertz CT molecular complexity index is 755. The normalized spacial score (nSPS) is 14.0. The number of aromatic nitrogens is 1. The van der Waals surface area contributed by atoms with Crippen molar-refractivity contribution in [3.8, 4) is 0 Å². The number of carbonyl (C=O) groups is 2. The molecule has 0 spiro atoms. The Kier molecular flexibility index (Phi) is 5.25. The number of benzene rings is 1. The molecule has 0 radical (unpaired) electrons. The van der Waals surface area contributed by atoms with Crippen molar-refractivity contribution in [2.45, 2.75) is 6.92 Å². The summed E-state index contributed by atoms with van der Waals surface area (Å²) in [6, 6.07) is 9.09. The summed E-state index contributed by atoms with van der Waals surface area (Å²) < 4.78 is 5.27. The molecule has 0 bridgehead atoms. The van der Waals surface area contributed by atoms with E-state index < -0.39 is 0 Å².